The van der Waals surface area contributed by atoms with Crippen LogP contribution in [0.15, 0.2) is 24.5 Å². The number of nitrogens with zero attached hydrogens (tertiary/aromatic N) is 1. The first-order valence-corrected chi connectivity index (χ1v) is 10.1. The van der Waals surface area contributed by atoms with E-state index in [2.05, 4.69) is 10.3 Å². The maximum absolute atomic E-state index is 13.0. The van der Waals surface area contributed by atoms with E-state index in [1.807, 2.05) is 6.92 Å². The average Bonchev–Trinajstić information content (AvgIpc) is 2.74. The molecule has 0 aliphatic carbocycles. The van der Waals surface area contributed by atoms with Gasteiger partial charge in [0.1, 0.15) is 0 Å². The Hall–Kier alpha value is -2.51. The van der Waals surface area contributed by atoms with E-state index >= 15 is 0 Å². The number of aromatic nitrogens is 1. The molecule has 1 aromatic heterocycles. The number of hydrogen-bond donors (Lipinski definition) is 1. The lowest BCUT2D eigenvalue weighted by Crippen LogP contribution is -2.30. The van der Waals surface area contributed by atoms with Crippen molar-refractivity contribution in [2.45, 2.75) is 26.2 Å². The van der Waals surface area contributed by atoms with Gasteiger partial charge in [-0.2, -0.15) is 0 Å². The van der Waals surface area contributed by atoms with Gasteiger partial charge >= 0.3 is 0 Å². The molecule has 2 aromatic rings. The summed E-state index contributed by atoms with van der Waals surface area (Å²) < 4.78 is 16.4. The molecule has 0 fully saturated rings. The molecular weight excluding hydrogens is 431 g/mol. The van der Waals surface area contributed by atoms with Crippen molar-refractivity contribution in [3.63, 3.8) is 0 Å². The molecule has 7 nitrogen and oxygen atoms in total. The van der Waals surface area contributed by atoms with Crippen LogP contribution in [0.4, 0.5) is 0 Å². The van der Waals surface area contributed by atoms with Crippen molar-refractivity contribution in [2.24, 2.45) is 0 Å². The van der Waals surface area contributed by atoms with Gasteiger partial charge in [0.15, 0.2) is 23.9 Å². The van der Waals surface area contributed by atoms with E-state index in [0.717, 1.165) is 12.8 Å². The van der Waals surface area contributed by atoms with Crippen molar-refractivity contribution in [1.29, 1.82) is 0 Å². The van der Waals surface area contributed by atoms with Crippen LogP contribution >= 0.6 is 23.2 Å². The van der Waals surface area contributed by atoms with E-state index in [-0.39, 0.29) is 51.8 Å². The van der Waals surface area contributed by atoms with Gasteiger partial charge in [-0.1, -0.05) is 36.5 Å². The summed E-state index contributed by atoms with van der Waals surface area (Å²) in [5.41, 5.74) is 0.675. The highest BCUT2D eigenvalue weighted by atomic mass is 35.5. The Morgan fingerprint density at radius 3 is 2.37 bits per heavy atom. The summed E-state index contributed by atoms with van der Waals surface area (Å²) in [5.74, 6) is 0.0973. The molecule has 0 spiro atoms. The fourth-order valence-electron chi connectivity index (χ4n) is 2.72. The number of nitrogens with one attached hydrogen (secondary N) is 1. The Morgan fingerprint density at radius 1 is 1.07 bits per heavy atom. The van der Waals surface area contributed by atoms with Crippen LogP contribution in [0.25, 0.3) is 0 Å². The molecule has 1 N–H and O–H groups in total. The number of methoxy groups -OCH3 is 2. The Bertz CT molecular complexity index is 885. The van der Waals surface area contributed by atoms with Crippen LogP contribution in [0.5, 0.6) is 17.2 Å². The number of hydrogen-bond acceptors (Lipinski definition) is 6. The molecule has 0 bridgehead atoms. The molecule has 0 aliphatic heterocycles. The summed E-state index contributed by atoms with van der Waals surface area (Å²) in [6, 6.07) is 3.15. The number of Topliss-reactive ketones (excluding diaryl/α,β-unsaturated/α-hetero) is 1. The fourth-order valence-corrected chi connectivity index (χ4v) is 3.22. The largest absolute Gasteiger partial charge is 0.493 e. The molecule has 1 aromatic carbocycles. The highest BCUT2D eigenvalue weighted by molar-refractivity contribution is 6.36. The van der Waals surface area contributed by atoms with Crippen LogP contribution in [-0.4, -0.2) is 44.0 Å². The lowest BCUT2D eigenvalue weighted by Gasteiger charge is -2.17. The lowest BCUT2D eigenvalue weighted by molar-refractivity contribution is -0.123. The summed E-state index contributed by atoms with van der Waals surface area (Å²) in [4.78, 5) is 29.0. The number of carbonyl (C=O) groups excluding carboxylic acids is 2. The van der Waals surface area contributed by atoms with Gasteiger partial charge in [0, 0.05) is 30.9 Å². The van der Waals surface area contributed by atoms with E-state index in [1.54, 1.807) is 12.1 Å². The minimum absolute atomic E-state index is 0.0747. The van der Waals surface area contributed by atoms with Gasteiger partial charge in [0.2, 0.25) is 5.75 Å². The van der Waals surface area contributed by atoms with E-state index < -0.39 is 0 Å². The van der Waals surface area contributed by atoms with Crippen LogP contribution < -0.4 is 19.5 Å². The Labute approximate surface area is 185 Å². The lowest BCUT2D eigenvalue weighted by atomic mass is 10.0. The van der Waals surface area contributed by atoms with Gasteiger partial charge in [-0.3, -0.25) is 14.6 Å². The minimum atomic E-state index is -0.313. The van der Waals surface area contributed by atoms with Crippen LogP contribution in [0, 0.1) is 0 Å². The molecule has 0 atom stereocenters. The summed E-state index contributed by atoms with van der Waals surface area (Å²) >= 11 is 12.3. The zero-order valence-corrected chi connectivity index (χ0v) is 18.6. The van der Waals surface area contributed by atoms with Gasteiger partial charge in [0.05, 0.1) is 29.8 Å². The van der Waals surface area contributed by atoms with Crippen LogP contribution in [-0.2, 0) is 11.2 Å². The summed E-state index contributed by atoms with van der Waals surface area (Å²) in [6.45, 7) is 2.31. The third kappa shape index (κ3) is 6.00. The number of carbonyl (C=O) groups is 2. The van der Waals surface area contributed by atoms with Crippen molar-refractivity contribution in [3.8, 4) is 17.2 Å². The Kier molecular flexibility index (Phi) is 9.20. The number of amides is 1. The van der Waals surface area contributed by atoms with Crippen LogP contribution in [0.2, 0.25) is 10.0 Å². The van der Waals surface area contributed by atoms with Crippen molar-refractivity contribution in [2.75, 3.05) is 27.4 Å². The Morgan fingerprint density at radius 2 is 1.77 bits per heavy atom. The van der Waals surface area contributed by atoms with Crippen molar-refractivity contribution < 1.29 is 23.8 Å². The number of ether oxygens (including phenoxy) is 3. The second kappa shape index (κ2) is 11.6. The number of unbranched alkanes of at least 4 members (excludes halogenated alkanes) is 1. The molecule has 30 heavy (non-hydrogen) atoms. The number of rotatable bonds is 11. The van der Waals surface area contributed by atoms with E-state index in [0.29, 0.717) is 17.9 Å². The minimum Gasteiger partial charge on any atom is -0.493 e. The summed E-state index contributed by atoms with van der Waals surface area (Å²) in [7, 11) is 2.90. The maximum atomic E-state index is 13.0. The fraction of sp³-hybridized carbons (Fsp3) is 0.381. The zero-order valence-electron chi connectivity index (χ0n) is 17.1. The standard InChI is InChI=1S/C21H24Cl2N2O5/c1-4-5-8-25-19(27)12-30-20-13(6-7-18(28-2)21(20)29-3)17(26)9-14-15(22)10-24-11-16(14)23/h6-7,10-11H,4-5,8-9,12H2,1-3H3,(H,25,27). The molecule has 2 rings (SSSR count). The Balaban J connectivity index is 2.31. The number of ketones is 1. The van der Waals surface area contributed by atoms with Crippen molar-refractivity contribution in [1.82, 2.24) is 10.3 Å². The van der Waals surface area contributed by atoms with Crippen LogP contribution in [0.1, 0.15) is 35.7 Å². The second-order valence-electron chi connectivity index (χ2n) is 6.35. The molecule has 0 saturated heterocycles. The molecular formula is C21H24Cl2N2O5. The molecule has 162 valence electrons. The molecule has 0 aliphatic rings. The molecule has 1 heterocycles. The second-order valence-corrected chi connectivity index (χ2v) is 7.17. The van der Waals surface area contributed by atoms with E-state index in [4.69, 9.17) is 37.4 Å². The molecule has 9 heteroatoms. The first-order valence-electron chi connectivity index (χ1n) is 9.38. The van der Waals surface area contributed by atoms with Crippen LogP contribution in [0.3, 0.4) is 0 Å². The number of benzene rings is 1. The van der Waals surface area contributed by atoms with Crippen molar-refractivity contribution >= 4 is 34.9 Å². The third-order valence-corrected chi connectivity index (χ3v) is 4.94. The summed E-state index contributed by atoms with van der Waals surface area (Å²) in [6.07, 6.45) is 4.59. The third-order valence-electron chi connectivity index (χ3n) is 4.29. The van der Waals surface area contributed by atoms with E-state index in [1.165, 1.54) is 26.6 Å². The number of halogens is 2. The predicted molar refractivity (Wildman–Crippen MR) is 115 cm³/mol. The topological polar surface area (TPSA) is 86.8 Å². The normalized spacial score (nSPS) is 10.4. The van der Waals surface area contributed by atoms with E-state index in [9.17, 15) is 9.59 Å². The molecule has 1 amide bonds. The highest BCUT2D eigenvalue weighted by Gasteiger charge is 2.23. The van der Waals surface area contributed by atoms with Gasteiger partial charge < -0.3 is 19.5 Å². The van der Waals surface area contributed by atoms with Gasteiger partial charge in [-0.25, -0.2) is 0 Å². The van der Waals surface area contributed by atoms with Gasteiger partial charge in [-0.15, -0.1) is 0 Å². The quantitative estimate of drug-likeness (QED) is 0.405. The predicted octanol–water partition coefficient (Wildman–Crippen LogP) is 4.13. The average molecular weight is 455 g/mol. The SMILES string of the molecule is CCCCNC(=O)COc1c(C(=O)Cc2c(Cl)cncc2Cl)ccc(OC)c1OC. The first kappa shape index (κ1) is 23.8. The van der Waals surface area contributed by atoms with Gasteiger partial charge in [-0.05, 0) is 18.6 Å². The monoisotopic (exact) mass is 454 g/mol. The van der Waals surface area contributed by atoms with Crippen molar-refractivity contribution in [3.05, 3.63) is 45.7 Å². The molecule has 0 unspecified atom stereocenters. The number of pyridine rings is 1. The smallest absolute Gasteiger partial charge is 0.257 e. The maximum Gasteiger partial charge on any atom is 0.257 e. The summed E-state index contributed by atoms with van der Waals surface area (Å²) in [5, 5.41) is 3.33. The van der Waals surface area contributed by atoms with Gasteiger partial charge in [0.25, 0.3) is 5.91 Å². The zero-order chi connectivity index (χ0) is 22.1. The molecule has 0 saturated carbocycles. The molecule has 0 radical (unpaired) electrons. The highest BCUT2D eigenvalue weighted by Crippen LogP contribution is 2.40. The first-order chi connectivity index (χ1) is 14.4.